The lowest BCUT2D eigenvalue weighted by Gasteiger charge is -2.17. The summed E-state index contributed by atoms with van der Waals surface area (Å²) in [5.41, 5.74) is 1.66. The average molecular weight is 393 g/mol. The Labute approximate surface area is 150 Å². The van der Waals surface area contributed by atoms with Gasteiger partial charge in [0.05, 0.1) is 24.1 Å². The molecule has 0 saturated heterocycles. The van der Waals surface area contributed by atoms with E-state index in [9.17, 15) is 9.90 Å². The van der Waals surface area contributed by atoms with Crippen LogP contribution in [0.3, 0.4) is 0 Å². The molecule has 5 heteroatoms. The first-order valence-corrected chi connectivity index (χ1v) is 8.63. The average Bonchev–Trinajstić information content (AvgIpc) is 2.58. The van der Waals surface area contributed by atoms with Crippen LogP contribution in [0.1, 0.15) is 30.4 Å². The molecule has 0 radical (unpaired) electrons. The Morgan fingerprint density at radius 2 is 1.96 bits per heavy atom. The maximum Gasteiger partial charge on any atom is 0.311 e. The van der Waals surface area contributed by atoms with Gasteiger partial charge in [-0.25, -0.2) is 0 Å². The van der Waals surface area contributed by atoms with Crippen molar-refractivity contribution >= 4 is 21.9 Å². The first kappa shape index (κ1) is 18.3. The van der Waals surface area contributed by atoms with E-state index in [4.69, 9.17) is 9.47 Å². The van der Waals surface area contributed by atoms with E-state index in [0.717, 1.165) is 22.0 Å². The molecule has 128 valence electrons. The van der Waals surface area contributed by atoms with Crippen LogP contribution in [-0.4, -0.2) is 24.8 Å². The Kier molecular flexibility index (Phi) is 6.67. The highest BCUT2D eigenvalue weighted by atomic mass is 79.9. The number of ether oxygens (including phenoxy) is 2. The van der Waals surface area contributed by atoms with E-state index < -0.39 is 11.9 Å². The van der Waals surface area contributed by atoms with Gasteiger partial charge in [-0.05, 0) is 52.0 Å². The zero-order chi connectivity index (χ0) is 17.5. The van der Waals surface area contributed by atoms with Crippen LogP contribution in [0.25, 0.3) is 0 Å². The van der Waals surface area contributed by atoms with Crippen LogP contribution in [0.4, 0.5) is 0 Å². The molecule has 2 aromatic carbocycles. The second-order valence-electron chi connectivity index (χ2n) is 5.46. The third kappa shape index (κ3) is 4.51. The summed E-state index contributed by atoms with van der Waals surface area (Å²) in [7, 11) is 1.58. The predicted octanol–water partition coefficient (Wildman–Crippen LogP) is 4.66. The highest BCUT2D eigenvalue weighted by Gasteiger charge is 2.22. The summed E-state index contributed by atoms with van der Waals surface area (Å²) in [4.78, 5) is 11.7. The van der Waals surface area contributed by atoms with Gasteiger partial charge in [0, 0.05) is 0 Å². The van der Waals surface area contributed by atoms with E-state index in [0.29, 0.717) is 24.5 Å². The molecular formula is C19H21BrO4. The molecule has 0 heterocycles. The Hall–Kier alpha value is -2.01. The Bertz CT molecular complexity index is 685. The lowest BCUT2D eigenvalue weighted by molar-refractivity contribution is -0.138. The number of methoxy groups -OCH3 is 1. The molecule has 0 amide bonds. The van der Waals surface area contributed by atoms with Crippen LogP contribution in [0.15, 0.2) is 46.9 Å². The second kappa shape index (κ2) is 8.73. The summed E-state index contributed by atoms with van der Waals surface area (Å²) in [6.07, 6.45) is 1.27. The quantitative estimate of drug-likeness (QED) is 0.709. The normalized spacial score (nSPS) is 11.8. The van der Waals surface area contributed by atoms with Gasteiger partial charge in [-0.3, -0.25) is 4.79 Å². The first-order valence-electron chi connectivity index (χ1n) is 7.83. The maximum atomic E-state index is 11.7. The minimum absolute atomic E-state index is 0.377. The van der Waals surface area contributed by atoms with Gasteiger partial charge in [-0.2, -0.15) is 0 Å². The summed E-state index contributed by atoms with van der Waals surface area (Å²) in [5.74, 6) is -0.201. The van der Waals surface area contributed by atoms with Gasteiger partial charge in [0.25, 0.3) is 0 Å². The summed E-state index contributed by atoms with van der Waals surface area (Å²) in [5, 5.41) is 9.59. The van der Waals surface area contributed by atoms with Crippen molar-refractivity contribution in [3.05, 3.63) is 58.1 Å². The van der Waals surface area contributed by atoms with Gasteiger partial charge in [-0.1, -0.05) is 37.3 Å². The first-order chi connectivity index (χ1) is 11.6. The molecule has 2 aromatic rings. The minimum Gasteiger partial charge on any atom is -0.493 e. The molecule has 0 aliphatic carbocycles. The van der Waals surface area contributed by atoms with Gasteiger partial charge in [0.1, 0.15) is 0 Å². The standard InChI is InChI=1S/C19H21BrO4/c1-3-9-24-18-16(20)11-13(12-17(18)23-2)10-15(19(21)22)14-7-5-4-6-8-14/h4-8,11-12,15H,3,9-10H2,1-2H3,(H,21,22). The van der Waals surface area contributed by atoms with Crippen LogP contribution >= 0.6 is 15.9 Å². The molecule has 0 saturated carbocycles. The van der Waals surface area contributed by atoms with E-state index in [1.807, 2.05) is 49.4 Å². The van der Waals surface area contributed by atoms with Crippen molar-refractivity contribution in [1.29, 1.82) is 0 Å². The number of carboxylic acids is 1. The van der Waals surface area contributed by atoms with E-state index in [1.165, 1.54) is 0 Å². The molecule has 0 bridgehead atoms. The van der Waals surface area contributed by atoms with E-state index in [2.05, 4.69) is 15.9 Å². The van der Waals surface area contributed by atoms with Crippen LogP contribution in [0.5, 0.6) is 11.5 Å². The third-order valence-corrected chi connectivity index (χ3v) is 4.27. The van der Waals surface area contributed by atoms with Crippen molar-refractivity contribution in [3.63, 3.8) is 0 Å². The van der Waals surface area contributed by atoms with Crippen LogP contribution in [0, 0.1) is 0 Å². The number of aliphatic carboxylic acids is 1. The summed E-state index contributed by atoms with van der Waals surface area (Å²) >= 11 is 3.50. The zero-order valence-electron chi connectivity index (χ0n) is 13.8. The highest BCUT2D eigenvalue weighted by Crippen LogP contribution is 2.38. The van der Waals surface area contributed by atoms with Crippen LogP contribution in [-0.2, 0) is 11.2 Å². The summed E-state index contributed by atoms with van der Waals surface area (Å²) in [6.45, 7) is 2.63. The number of rotatable bonds is 8. The van der Waals surface area contributed by atoms with Crippen molar-refractivity contribution in [3.8, 4) is 11.5 Å². The number of carboxylic acid groups (broad SMARTS) is 1. The fourth-order valence-electron chi connectivity index (χ4n) is 2.50. The number of hydrogen-bond donors (Lipinski definition) is 1. The zero-order valence-corrected chi connectivity index (χ0v) is 15.4. The molecule has 2 rings (SSSR count). The molecule has 1 N–H and O–H groups in total. The molecule has 24 heavy (non-hydrogen) atoms. The molecular weight excluding hydrogens is 372 g/mol. The monoisotopic (exact) mass is 392 g/mol. The van der Waals surface area contributed by atoms with Gasteiger partial charge < -0.3 is 14.6 Å². The van der Waals surface area contributed by atoms with Gasteiger partial charge >= 0.3 is 5.97 Å². The van der Waals surface area contributed by atoms with Crippen molar-refractivity contribution in [2.24, 2.45) is 0 Å². The van der Waals surface area contributed by atoms with E-state index in [-0.39, 0.29) is 0 Å². The molecule has 1 atom stereocenters. The molecule has 0 fully saturated rings. The Balaban J connectivity index is 2.31. The van der Waals surface area contributed by atoms with Gasteiger partial charge in [-0.15, -0.1) is 0 Å². The van der Waals surface area contributed by atoms with Crippen molar-refractivity contribution in [2.75, 3.05) is 13.7 Å². The largest absolute Gasteiger partial charge is 0.493 e. The third-order valence-electron chi connectivity index (χ3n) is 3.68. The number of hydrogen-bond acceptors (Lipinski definition) is 3. The van der Waals surface area contributed by atoms with Gasteiger partial charge in [0.2, 0.25) is 0 Å². The topological polar surface area (TPSA) is 55.8 Å². The minimum atomic E-state index is -0.845. The van der Waals surface area contributed by atoms with Crippen molar-refractivity contribution in [1.82, 2.24) is 0 Å². The lowest BCUT2D eigenvalue weighted by Crippen LogP contribution is -2.14. The maximum absolute atomic E-state index is 11.7. The number of benzene rings is 2. The van der Waals surface area contributed by atoms with E-state index in [1.54, 1.807) is 7.11 Å². The SMILES string of the molecule is CCCOc1c(Br)cc(CC(C(=O)O)c2ccccc2)cc1OC. The molecule has 0 aromatic heterocycles. The summed E-state index contributed by atoms with van der Waals surface area (Å²) in [6, 6.07) is 13.0. The lowest BCUT2D eigenvalue weighted by atomic mass is 9.92. The van der Waals surface area contributed by atoms with Crippen LogP contribution < -0.4 is 9.47 Å². The highest BCUT2D eigenvalue weighted by molar-refractivity contribution is 9.10. The van der Waals surface area contributed by atoms with Gasteiger partial charge in [0.15, 0.2) is 11.5 Å². The molecule has 0 aliphatic rings. The smallest absolute Gasteiger partial charge is 0.311 e. The molecule has 0 aliphatic heterocycles. The predicted molar refractivity (Wildman–Crippen MR) is 97.0 cm³/mol. The fourth-order valence-corrected chi connectivity index (χ4v) is 3.11. The van der Waals surface area contributed by atoms with Crippen molar-refractivity contribution < 1.29 is 19.4 Å². The molecule has 1 unspecified atom stereocenters. The Morgan fingerprint density at radius 3 is 2.54 bits per heavy atom. The number of carbonyl (C=O) groups is 1. The van der Waals surface area contributed by atoms with Crippen LogP contribution in [0.2, 0.25) is 0 Å². The second-order valence-corrected chi connectivity index (χ2v) is 6.32. The molecule has 0 spiro atoms. The number of halogens is 1. The van der Waals surface area contributed by atoms with E-state index >= 15 is 0 Å². The fraction of sp³-hybridized carbons (Fsp3) is 0.316. The van der Waals surface area contributed by atoms with Crippen molar-refractivity contribution in [2.45, 2.75) is 25.7 Å². The summed E-state index contributed by atoms with van der Waals surface area (Å²) < 4.78 is 11.9. The Morgan fingerprint density at radius 1 is 1.25 bits per heavy atom. The molecule has 4 nitrogen and oxygen atoms in total.